The molecule has 1 aromatic heterocycles. The Hall–Kier alpha value is -1.36. The third-order valence-corrected chi connectivity index (χ3v) is 6.70. The summed E-state index contributed by atoms with van der Waals surface area (Å²) in [6.45, 7) is 0. The highest BCUT2D eigenvalue weighted by atomic mass is 32.1. The number of carbonyl (C=O) groups is 2. The molecule has 5 rings (SSSR count). The first-order valence-corrected chi connectivity index (χ1v) is 8.89. The first-order valence-electron chi connectivity index (χ1n) is 8.07. The maximum Gasteiger partial charge on any atom is 0.348 e. The van der Waals surface area contributed by atoms with E-state index in [4.69, 9.17) is 4.74 Å². The highest BCUT2D eigenvalue weighted by Gasteiger charge is 2.51. The van der Waals surface area contributed by atoms with Gasteiger partial charge in [0.2, 0.25) is 0 Å². The van der Waals surface area contributed by atoms with Crippen LogP contribution < -0.4 is 5.32 Å². The van der Waals surface area contributed by atoms with E-state index in [0.29, 0.717) is 9.75 Å². The smallest absolute Gasteiger partial charge is 0.348 e. The fourth-order valence-electron chi connectivity index (χ4n) is 5.24. The highest BCUT2D eigenvalue weighted by molar-refractivity contribution is 7.15. The summed E-state index contributed by atoms with van der Waals surface area (Å²) in [4.78, 5) is 25.2. The predicted molar refractivity (Wildman–Crippen MR) is 84.0 cm³/mol. The number of hydrogen-bond donors (Lipinski definition) is 1. The molecule has 5 heteroatoms. The lowest BCUT2D eigenvalue weighted by Crippen LogP contribution is -2.59. The van der Waals surface area contributed by atoms with Crippen LogP contribution >= 0.6 is 11.3 Å². The average molecular weight is 319 g/mol. The van der Waals surface area contributed by atoms with Crippen molar-refractivity contribution >= 4 is 23.2 Å². The number of nitrogens with one attached hydrogen (secondary N) is 1. The monoisotopic (exact) mass is 319 g/mol. The van der Waals surface area contributed by atoms with Gasteiger partial charge in [-0.15, -0.1) is 11.3 Å². The molecule has 1 amide bonds. The number of carbonyl (C=O) groups excluding carboxylic acids is 2. The number of esters is 1. The summed E-state index contributed by atoms with van der Waals surface area (Å²) >= 11 is 1.22. The molecule has 1 aromatic rings. The number of rotatable bonds is 3. The van der Waals surface area contributed by atoms with Crippen molar-refractivity contribution in [3.8, 4) is 0 Å². The third kappa shape index (κ3) is 2.35. The maximum atomic E-state index is 12.6. The average Bonchev–Trinajstić information content (AvgIpc) is 2.94. The Labute approximate surface area is 134 Å². The van der Waals surface area contributed by atoms with E-state index in [-0.39, 0.29) is 17.4 Å². The summed E-state index contributed by atoms with van der Waals surface area (Å²) in [6.07, 6.45) is 7.50. The summed E-state index contributed by atoms with van der Waals surface area (Å²) in [7, 11) is 1.36. The van der Waals surface area contributed by atoms with E-state index >= 15 is 0 Å². The summed E-state index contributed by atoms with van der Waals surface area (Å²) < 4.78 is 4.70. The molecule has 0 saturated heterocycles. The van der Waals surface area contributed by atoms with Crippen LogP contribution in [0.4, 0.5) is 0 Å². The van der Waals surface area contributed by atoms with Crippen molar-refractivity contribution in [1.29, 1.82) is 0 Å². The molecule has 0 unspecified atom stereocenters. The van der Waals surface area contributed by atoms with E-state index in [1.54, 1.807) is 12.1 Å². The molecular formula is C17H21NO3S. The molecule has 4 aliphatic rings. The second kappa shape index (κ2) is 5.08. The van der Waals surface area contributed by atoms with E-state index < -0.39 is 0 Å². The molecule has 4 fully saturated rings. The van der Waals surface area contributed by atoms with Gasteiger partial charge in [-0.2, -0.15) is 0 Å². The van der Waals surface area contributed by atoms with Crippen LogP contribution in [-0.2, 0) is 4.74 Å². The fraction of sp³-hybridized carbons (Fsp3) is 0.647. The molecule has 0 spiro atoms. The first kappa shape index (κ1) is 14.2. The van der Waals surface area contributed by atoms with Crippen LogP contribution in [0.15, 0.2) is 12.1 Å². The zero-order chi connectivity index (χ0) is 15.3. The number of ether oxygens (including phenoxy) is 1. The van der Waals surface area contributed by atoms with Crippen molar-refractivity contribution < 1.29 is 14.3 Å². The molecule has 4 saturated carbocycles. The highest BCUT2D eigenvalue weighted by Crippen LogP contribution is 2.55. The Morgan fingerprint density at radius 2 is 1.64 bits per heavy atom. The molecule has 4 nitrogen and oxygen atoms in total. The second-order valence-electron chi connectivity index (χ2n) is 7.31. The summed E-state index contributed by atoms with van der Waals surface area (Å²) in [5, 5.41) is 3.33. The first-order chi connectivity index (χ1) is 10.6. The molecule has 1 N–H and O–H groups in total. The van der Waals surface area contributed by atoms with Gasteiger partial charge in [0.05, 0.1) is 12.0 Å². The minimum absolute atomic E-state index is 0.0151. The third-order valence-electron chi connectivity index (χ3n) is 5.63. The Kier molecular flexibility index (Phi) is 3.29. The topological polar surface area (TPSA) is 55.4 Å². The van der Waals surface area contributed by atoms with Crippen LogP contribution in [0.5, 0.6) is 0 Å². The minimum Gasteiger partial charge on any atom is -0.465 e. The lowest BCUT2D eigenvalue weighted by molar-refractivity contribution is -0.0166. The van der Waals surface area contributed by atoms with Crippen molar-refractivity contribution in [2.45, 2.75) is 44.1 Å². The van der Waals surface area contributed by atoms with Crippen LogP contribution in [0.2, 0.25) is 0 Å². The standard InChI is InChI=1S/C17H21NO3S/c1-21-16(20)14-3-2-13(22-14)15(19)18-17-7-10-4-11(8-17)6-12(5-10)9-17/h2-3,10-12H,4-9H2,1H3,(H,18,19). The molecule has 4 aliphatic carbocycles. The SMILES string of the molecule is COC(=O)c1ccc(C(=O)NC23CC4CC(CC(C4)C2)C3)s1. The molecule has 0 radical (unpaired) electrons. The van der Waals surface area contributed by atoms with E-state index in [1.165, 1.54) is 37.7 Å². The Morgan fingerprint density at radius 3 is 2.18 bits per heavy atom. The lowest BCUT2D eigenvalue weighted by atomic mass is 9.53. The van der Waals surface area contributed by atoms with Gasteiger partial charge in [0.1, 0.15) is 4.88 Å². The van der Waals surface area contributed by atoms with Gasteiger partial charge in [-0.25, -0.2) is 4.79 Å². The van der Waals surface area contributed by atoms with Crippen molar-refractivity contribution in [3.63, 3.8) is 0 Å². The Bertz CT molecular complexity index is 586. The van der Waals surface area contributed by atoms with Gasteiger partial charge in [-0.3, -0.25) is 4.79 Å². The fourth-order valence-corrected chi connectivity index (χ4v) is 6.06. The quantitative estimate of drug-likeness (QED) is 0.870. The predicted octanol–water partition coefficient (Wildman–Crippen LogP) is 3.23. The van der Waals surface area contributed by atoms with E-state index in [0.717, 1.165) is 37.0 Å². The zero-order valence-corrected chi connectivity index (χ0v) is 13.6. The van der Waals surface area contributed by atoms with Gasteiger partial charge in [0.25, 0.3) is 5.91 Å². The zero-order valence-electron chi connectivity index (χ0n) is 12.8. The van der Waals surface area contributed by atoms with Crippen LogP contribution in [0.3, 0.4) is 0 Å². The van der Waals surface area contributed by atoms with Gasteiger partial charge in [-0.1, -0.05) is 0 Å². The molecular weight excluding hydrogens is 298 g/mol. The second-order valence-corrected chi connectivity index (χ2v) is 8.39. The summed E-state index contributed by atoms with van der Waals surface area (Å²) in [5.74, 6) is 2.02. The van der Waals surface area contributed by atoms with E-state index in [2.05, 4.69) is 5.32 Å². The Balaban J connectivity index is 1.50. The number of thiophene rings is 1. The molecule has 118 valence electrons. The summed E-state index contributed by atoms with van der Waals surface area (Å²) in [6, 6.07) is 3.40. The molecule has 4 bridgehead atoms. The largest absolute Gasteiger partial charge is 0.465 e. The van der Waals surface area contributed by atoms with Crippen molar-refractivity contribution in [2.24, 2.45) is 17.8 Å². The molecule has 22 heavy (non-hydrogen) atoms. The summed E-state index contributed by atoms with van der Waals surface area (Å²) in [5.41, 5.74) is 0.0151. The van der Waals surface area contributed by atoms with Gasteiger partial charge in [0.15, 0.2) is 0 Å². The van der Waals surface area contributed by atoms with E-state index in [9.17, 15) is 9.59 Å². The minimum atomic E-state index is -0.376. The maximum absolute atomic E-state index is 12.6. The van der Waals surface area contributed by atoms with E-state index in [1.807, 2.05) is 0 Å². The van der Waals surface area contributed by atoms with Crippen LogP contribution in [0, 0.1) is 17.8 Å². The van der Waals surface area contributed by atoms with Crippen LogP contribution in [0.25, 0.3) is 0 Å². The molecule has 0 aromatic carbocycles. The molecule has 0 atom stereocenters. The number of methoxy groups -OCH3 is 1. The van der Waals surface area contributed by atoms with Crippen molar-refractivity contribution in [1.82, 2.24) is 5.32 Å². The Morgan fingerprint density at radius 1 is 1.09 bits per heavy atom. The molecule has 0 aliphatic heterocycles. The van der Waals surface area contributed by atoms with Gasteiger partial charge >= 0.3 is 5.97 Å². The normalized spacial score (nSPS) is 35.4. The van der Waals surface area contributed by atoms with Crippen molar-refractivity contribution in [2.75, 3.05) is 7.11 Å². The van der Waals surface area contributed by atoms with Crippen LogP contribution in [-0.4, -0.2) is 24.5 Å². The van der Waals surface area contributed by atoms with Gasteiger partial charge in [-0.05, 0) is 68.4 Å². The van der Waals surface area contributed by atoms with Crippen LogP contribution in [0.1, 0.15) is 57.9 Å². The van der Waals surface area contributed by atoms with Gasteiger partial charge < -0.3 is 10.1 Å². The number of hydrogen-bond acceptors (Lipinski definition) is 4. The number of amides is 1. The lowest BCUT2D eigenvalue weighted by Gasteiger charge is -2.56. The molecule has 1 heterocycles. The van der Waals surface area contributed by atoms with Gasteiger partial charge in [0, 0.05) is 5.54 Å². The van der Waals surface area contributed by atoms with Crippen molar-refractivity contribution in [3.05, 3.63) is 21.9 Å².